The Morgan fingerprint density at radius 1 is 1.21 bits per heavy atom. The van der Waals surface area contributed by atoms with E-state index in [1.54, 1.807) is 7.05 Å². The molecule has 0 aliphatic carbocycles. The Morgan fingerprint density at radius 2 is 1.95 bits per heavy atom. The molecule has 0 bridgehead atoms. The predicted molar refractivity (Wildman–Crippen MR) is 131 cm³/mol. The van der Waals surface area contributed by atoms with Crippen molar-refractivity contribution in [1.29, 1.82) is 0 Å². The summed E-state index contributed by atoms with van der Waals surface area (Å²) in [6, 6.07) is 5.78. The van der Waals surface area contributed by atoms with Crippen LogP contribution in [0.1, 0.15) is 38.7 Å². The first-order chi connectivity index (χ1) is 17.9. The van der Waals surface area contributed by atoms with Crippen LogP contribution in [0.5, 0.6) is 5.75 Å². The van der Waals surface area contributed by atoms with E-state index in [-0.39, 0.29) is 52.5 Å². The molecule has 1 atom stereocenters. The zero-order valence-electron chi connectivity index (χ0n) is 20.6. The molecule has 5 N–H and O–H groups in total. The molecule has 202 valence electrons. The predicted octanol–water partition coefficient (Wildman–Crippen LogP) is 2.96. The minimum atomic E-state index is -3.18. The van der Waals surface area contributed by atoms with Crippen molar-refractivity contribution < 1.29 is 31.9 Å². The number of hydrogen-bond donors (Lipinski definition) is 3. The highest BCUT2D eigenvalue weighted by molar-refractivity contribution is 6.03. The number of nitrogens with one attached hydrogen (secondary N) is 1. The number of rotatable bonds is 7. The van der Waals surface area contributed by atoms with Crippen molar-refractivity contribution in [2.24, 2.45) is 5.73 Å². The monoisotopic (exact) mass is 534 g/mol. The number of nitrogens with zero attached hydrogens (tertiary/aromatic N) is 3. The minimum absolute atomic E-state index is 0.0239. The molecule has 3 aromatic rings. The number of hydrogen-bond acceptors (Lipinski definition) is 6. The molecule has 2 aromatic carbocycles. The van der Waals surface area contributed by atoms with E-state index in [2.05, 4.69) is 10.4 Å². The van der Waals surface area contributed by atoms with Gasteiger partial charge in [0.15, 0.2) is 0 Å². The average molecular weight is 535 g/mol. The number of anilines is 1. The molecule has 2 heterocycles. The molecule has 0 spiro atoms. The Balaban J connectivity index is 1.61. The zero-order chi connectivity index (χ0) is 27.8. The summed E-state index contributed by atoms with van der Waals surface area (Å²) in [6.45, 7) is -0.419. The summed E-state index contributed by atoms with van der Waals surface area (Å²) in [4.78, 5) is 26.2. The van der Waals surface area contributed by atoms with Crippen molar-refractivity contribution >= 4 is 17.6 Å². The van der Waals surface area contributed by atoms with Crippen molar-refractivity contribution in [2.45, 2.75) is 24.9 Å². The number of benzene rings is 2. The first kappa shape index (κ1) is 26.9. The summed E-state index contributed by atoms with van der Waals surface area (Å²) in [7, 11) is 2.89. The fourth-order valence-corrected chi connectivity index (χ4v) is 4.50. The molecule has 1 saturated heterocycles. The lowest BCUT2D eigenvalue weighted by atomic mass is 10.0. The van der Waals surface area contributed by atoms with Gasteiger partial charge in [-0.15, -0.1) is 0 Å². The van der Waals surface area contributed by atoms with Crippen LogP contribution in [0.15, 0.2) is 36.4 Å². The smallest absolute Gasteiger partial charge is 0.282 e. The largest absolute Gasteiger partial charge is 0.496 e. The lowest BCUT2D eigenvalue weighted by Crippen LogP contribution is -2.48. The third-order valence-corrected chi connectivity index (χ3v) is 6.41. The summed E-state index contributed by atoms with van der Waals surface area (Å²) in [5, 5.41) is 6.65. The Bertz CT molecular complexity index is 1390. The van der Waals surface area contributed by atoms with Gasteiger partial charge in [0.25, 0.3) is 17.7 Å². The number of aromatic nitrogens is 2. The standard InChI is InChI=1S/C25H26F4N6O3/c1-34-8-7-19(25(28,29)12-34)35-22(30)20(23(31)36)21(33-35)13-3-4-14(17(27)9-13)11-32-24(37)16-10-15(26)5-6-18(16)38-2/h3-6,9-10,19H,7-8,11-12,30H2,1-2H3,(H2,31,36)(H,32,37). The van der Waals surface area contributed by atoms with E-state index in [9.17, 15) is 22.8 Å². The minimum Gasteiger partial charge on any atom is -0.496 e. The number of nitrogens with two attached hydrogens (primary N) is 2. The molecule has 13 heteroatoms. The van der Waals surface area contributed by atoms with Crippen LogP contribution in [0.25, 0.3) is 11.3 Å². The van der Waals surface area contributed by atoms with E-state index in [1.165, 1.54) is 30.2 Å². The molecular weight excluding hydrogens is 508 g/mol. The van der Waals surface area contributed by atoms with Gasteiger partial charge >= 0.3 is 0 Å². The molecule has 1 aliphatic heterocycles. The van der Waals surface area contributed by atoms with Gasteiger partial charge < -0.3 is 26.4 Å². The second-order valence-corrected chi connectivity index (χ2v) is 9.05. The van der Waals surface area contributed by atoms with Gasteiger partial charge in [0.1, 0.15) is 40.5 Å². The summed E-state index contributed by atoms with van der Waals surface area (Å²) in [5.41, 5.74) is 11.2. The van der Waals surface area contributed by atoms with Crippen LogP contribution < -0.4 is 21.5 Å². The molecule has 2 amide bonds. The van der Waals surface area contributed by atoms with E-state index in [0.717, 1.165) is 22.9 Å². The van der Waals surface area contributed by atoms with Gasteiger partial charge in [-0.3, -0.25) is 9.59 Å². The zero-order valence-corrected chi connectivity index (χ0v) is 20.6. The van der Waals surface area contributed by atoms with Crippen molar-refractivity contribution in [1.82, 2.24) is 20.0 Å². The maximum absolute atomic E-state index is 15.0. The molecule has 9 nitrogen and oxygen atoms in total. The van der Waals surface area contributed by atoms with E-state index >= 15 is 4.39 Å². The second kappa shape index (κ2) is 10.3. The maximum Gasteiger partial charge on any atom is 0.282 e. The third-order valence-electron chi connectivity index (χ3n) is 6.41. The number of ether oxygens (including phenoxy) is 1. The molecule has 1 fully saturated rings. The number of carbonyl (C=O) groups excluding carboxylic acids is 2. The normalized spacial score (nSPS) is 17.3. The molecule has 1 aromatic heterocycles. The van der Waals surface area contributed by atoms with Gasteiger partial charge in [-0.2, -0.15) is 5.10 Å². The molecule has 1 unspecified atom stereocenters. The Labute approximate surface area is 215 Å². The molecular formula is C25H26F4N6O3. The van der Waals surface area contributed by atoms with Crippen molar-refractivity contribution in [3.8, 4) is 17.0 Å². The quantitative estimate of drug-likeness (QED) is 0.400. The van der Waals surface area contributed by atoms with Gasteiger partial charge in [-0.1, -0.05) is 12.1 Å². The van der Waals surface area contributed by atoms with Crippen LogP contribution >= 0.6 is 0 Å². The highest BCUT2D eigenvalue weighted by atomic mass is 19.3. The number of piperidine rings is 1. The van der Waals surface area contributed by atoms with E-state index in [1.807, 2.05) is 0 Å². The van der Waals surface area contributed by atoms with Crippen LogP contribution in [0.3, 0.4) is 0 Å². The van der Waals surface area contributed by atoms with E-state index in [0.29, 0.717) is 6.54 Å². The number of likely N-dealkylation sites (tertiary alicyclic amines) is 1. The number of carbonyl (C=O) groups is 2. The van der Waals surface area contributed by atoms with Crippen LogP contribution in [-0.2, 0) is 6.54 Å². The number of amides is 2. The summed E-state index contributed by atoms with van der Waals surface area (Å²) in [6.07, 6.45) is 0.0239. The van der Waals surface area contributed by atoms with E-state index in [4.69, 9.17) is 16.2 Å². The SMILES string of the molecule is COc1ccc(F)cc1C(=O)NCc1ccc(-c2nn(C3CCN(C)CC3(F)F)c(N)c2C(N)=O)cc1F. The molecule has 0 radical (unpaired) electrons. The first-order valence-electron chi connectivity index (χ1n) is 11.6. The van der Waals surface area contributed by atoms with Gasteiger partial charge in [0, 0.05) is 24.2 Å². The van der Waals surface area contributed by atoms with E-state index < -0.39 is 42.0 Å². The van der Waals surface area contributed by atoms with Gasteiger partial charge in [0.05, 0.1) is 19.2 Å². The van der Waals surface area contributed by atoms with Crippen LogP contribution in [0.2, 0.25) is 0 Å². The lowest BCUT2D eigenvalue weighted by Gasteiger charge is -2.36. The number of methoxy groups -OCH3 is 1. The Kier molecular flexibility index (Phi) is 7.31. The third kappa shape index (κ3) is 5.14. The highest BCUT2D eigenvalue weighted by Crippen LogP contribution is 2.40. The number of nitrogen functional groups attached to an aromatic ring is 1. The lowest BCUT2D eigenvalue weighted by molar-refractivity contribution is -0.101. The van der Waals surface area contributed by atoms with Gasteiger partial charge in [-0.25, -0.2) is 22.2 Å². The average Bonchev–Trinajstić information content (AvgIpc) is 3.19. The summed E-state index contributed by atoms with van der Waals surface area (Å²) < 4.78 is 64.1. The highest BCUT2D eigenvalue weighted by Gasteiger charge is 2.46. The number of alkyl halides is 2. The van der Waals surface area contributed by atoms with Crippen molar-refractivity contribution in [3.63, 3.8) is 0 Å². The van der Waals surface area contributed by atoms with Gasteiger partial charge in [0.2, 0.25) is 0 Å². The Morgan fingerprint density at radius 3 is 2.58 bits per heavy atom. The van der Waals surface area contributed by atoms with Gasteiger partial charge in [-0.05, 0) is 37.7 Å². The molecule has 38 heavy (non-hydrogen) atoms. The summed E-state index contributed by atoms with van der Waals surface area (Å²) >= 11 is 0. The second-order valence-electron chi connectivity index (χ2n) is 9.05. The molecule has 0 saturated carbocycles. The topological polar surface area (TPSA) is 128 Å². The first-order valence-corrected chi connectivity index (χ1v) is 11.6. The van der Waals surface area contributed by atoms with Crippen LogP contribution in [0.4, 0.5) is 23.4 Å². The Hall–Kier alpha value is -4.13. The maximum atomic E-state index is 15.0. The van der Waals surface area contributed by atoms with Crippen molar-refractivity contribution in [2.75, 3.05) is 33.0 Å². The molecule has 1 aliphatic rings. The molecule has 4 rings (SSSR count). The van der Waals surface area contributed by atoms with Crippen LogP contribution in [-0.4, -0.2) is 59.7 Å². The van der Waals surface area contributed by atoms with Crippen molar-refractivity contribution in [3.05, 3.63) is 64.7 Å². The summed E-state index contributed by atoms with van der Waals surface area (Å²) in [5.74, 6) is -6.48. The number of halogens is 4. The number of primary amides is 1. The van der Waals surface area contributed by atoms with Crippen LogP contribution in [0, 0.1) is 11.6 Å². The fourth-order valence-electron chi connectivity index (χ4n) is 4.50. The fraction of sp³-hybridized carbons (Fsp3) is 0.320.